The molecule has 8 nitrogen and oxygen atoms in total. The fourth-order valence-electron chi connectivity index (χ4n) is 1.52. The molecule has 1 aromatic heterocycles. The molecule has 0 saturated heterocycles. The van der Waals surface area contributed by atoms with E-state index in [2.05, 4.69) is 20.9 Å². The molecule has 3 amide bonds. The van der Waals surface area contributed by atoms with Crippen molar-refractivity contribution in [2.24, 2.45) is 0 Å². The molecule has 1 aromatic rings. The summed E-state index contributed by atoms with van der Waals surface area (Å²) in [5.74, 6) is -0.967. The van der Waals surface area contributed by atoms with Crippen LogP contribution in [0.4, 0.5) is 10.5 Å². The first kappa shape index (κ1) is 17.4. The molecule has 0 atom stereocenters. The summed E-state index contributed by atoms with van der Waals surface area (Å²) in [5, 5.41) is 7.26. The van der Waals surface area contributed by atoms with Gasteiger partial charge in [-0.2, -0.15) is 0 Å². The number of hydrogen-bond donors (Lipinski definition) is 3. The van der Waals surface area contributed by atoms with E-state index in [-0.39, 0.29) is 17.1 Å². The minimum atomic E-state index is -0.716. The fourth-order valence-corrected chi connectivity index (χ4v) is 1.52. The summed E-state index contributed by atoms with van der Waals surface area (Å²) in [5.41, 5.74) is -0.529. The number of ether oxygens (including phenoxy) is 1. The maximum atomic E-state index is 11.9. The van der Waals surface area contributed by atoms with E-state index in [9.17, 15) is 14.4 Å². The van der Waals surface area contributed by atoms with Crippen molar-refractivity contribution in [3.8, 4) is 0 Å². The summed E-state index contributed by atoms with van der Waals surface area (Å²) in [4.78, 5) is 39.2. The molecule has 22 heavy (non-hydrogen) atoms. The molecule has 3 N–H and O–H groups in total. The van der Waals surface area contributed by atoms with Crippen LogP contribution in [0.15, 0.2) is 12.1 Å². The second-order valence-corrected chi connectivity index (χ2v) is 5.38. The maximum absolute atomic E-state index is 11.9. The summed E-state index contributed by atoms with van der Waals surface area (Å²) < 4.78 is 5.12. The second kappa shape index (κ2) is 6.88. The molecule has 0 unspecified atom stereocenters. The third kappa shape index (κ3) is 4.72. The van der Waals surface area contributed by atoms with Gasteiger partial charge in [-0.1, -0.05) is 0 Å². The number of anilines is 1. The van der Waals surface area contributed by atoms with Gasteiger partial charge < -0.3 is 15.4 Å². The zero-order valence-electron chi connectivity index (χ0n) is 13.2. The van der Waals surface area contributed by atoms with Crippen molar-refractivity contribution in [3.63, 3.8) is 0 Å². The molecule has 8 heteroatoms. The number of carbonyl (C=O) groups is 3. The Bertz CT molecular complexity index is 593. The van der Waals surface area contributed by atoms with Crippen molar-refractivity contribution < 1.29 is 19.1 Å². The van der Waals surface area contributed by atoms with Crippen LogP contribution in [0.25, 0.3) is 0 Å². The minimum Gasteiger partial charge on any atom is -0.444 e. The average molecular weight is 308 g/mol. The Morgan fingerprint density at radius 3 is 2.14 bits per heavy atom. The van der Waals surface area contributed by atoms with E-state index in [0.717, 1.165) is 0 Å². The Morgan fingerprint density at radius 2 is 1.64 bits per heavy atom. The summed E-state index contributed by atoms with van der Waals surface area (Å²) in [6.45, 7) is 5.16. The van der Waals surface area contributed by atoms with E-state index >= 15 is 0 Å². The largest absolute Gasteiger partial charge is 0.444 e. The fraction of sp³-hybridized carbons (Fsp3) is 0.429. The molecule has 0 saturated carbocycles. The molecule has 0 radical (unpaired) electrons. The van der Waals surface area contributed by atoms with Crippen LogP contribution in [0.2, 0.25) is 0 Å². The van der Waals surface area contributed by atoms with Gasteiger partial charge in [-0.25, -0.2) is 9.78 Å². The minimum absolute atomic E-state index is 0.0656. The van der Waals surface area contributed by atoms with Crippen LogP contribution in [0, 0.1) is 0 Å². The summed E-state index contributed by atoms with van der Waals surface area (Å²) >= 11 is 0. The quantitative estimate of drug-likeness (QED) is 0.776. The zero-order chi connectivity index (χ0) is 16.9. The van der Waals surface area contributed by atoms with Crippen LogP contribution in [-0.2, 0) is 4.74 Å². The first-order valence-electron chi connectivity index (χ1n) is 6.63. The van der Waals surface area contributed by atoms with Gasteiger partial charge in [0.2, 0.25) is 0 Å². The predicted molar refractivity (Wildman–Crippen MR) is 80.9 cm³/mol. The van der Waals surface area contributed by atoms with Crippen LogP contribution in [-0.4, -0.2) is 42.6 Å². The lowest BCUT2D eigenvalue weighted by Gasteiger charge is -2.20. The van der Waals surface area contributed by atoms with Gasteiger partial charge in [-0.3, -0.25) is 14.9 Å². The average Bonchev–Trinajstić information content (AvgIpc) is 2.43. The van der Waals surface area contributed by atoms with E-state index < -0.39 is 23.5 Å². The number of aromatic nitrogens is 1. The van der Waals surface area contributed by atoms with Gasteiger partial charge in [0.15, 0.2) is 5.69 Å². The van der Waals surface area contributed by atoms with E-state index in [0.29, 0.717) is 0 Å². The highest BCUT2D eigenvalue weighted by atomic mass is 16.6. The van der Waals surface area contributed by atoms with E-state index in [1.54, 1.807) is 20.8 Å². The Balaban J connectivity index is 3.11. The molecule has 0 aliphatic carbocycles. The topological polar surface area (TPSA) is 109 Å². The number of nitrogens with zero attached hydrogens (tertiary/aromatic N) is 1. The Hall–Kier alpha value is -2.64. The van der Waals surface area contributed by atoms with Crippen LogP contribution < -0.4 is 16.0 Å². The van der Waals surface area contributed by atoms with Crippen molar-refractivity contribution in [1.82, 2.24) is 15.6 Å². The third-order valence-electron chi connectivity index (χ3n) is 2.43. The van der Waals surface area contributed by atoms with Crippen molar-refractivity contribution in [3.05, 3.63) is 23.5 Å². The van der Waals surface area contributed by atoms with Crippen LogP contribution in [0.1, 0.15) is 41.7 Å². The molecule has 0 aliphatic rings. The Kier molecular flexibility index (Phi) is 5.44. The number of nitrogens with one attached hydrogen (secondary N) is 3. The van der Waals surface area contributed by atoms with Gasteiger partial charge >= 0.3 is 6.09 Å². The van der Waals surface area contributed by atoms with Crippen molar-refractivity contribution in [1.29, 1.82) is 0 Å². The van der Waals surface area contributed by atoms with Gasteiger partial charge in [0, 0.05) is 14.1 Å². The molecule has 0 aliphatic heterocycles. The highest BCUT2D eigenvalue weighted by Gasteiger charge is 2.20. The lowest BCUT2D eigenvalue weighted by molar-refractivity contribution is 0.0635. The van der Waals surface area contributed by atoms with Crippen molar-refractivity contribution >= 4 is 23.6 Å². The summed E-state index contributed by atoms with van der Waals surface area (Å²) in [7, 11) is 2.88. The third-order valence-corrected chi connectivity index (χ3v) is 2.43. The molecule has 1 rings (SSSR count). The van der Waals surface area contributed by atoms with Gasteiger partial charge in [0.25, 0.3) is 11.8 Å². The number of pyridine rings is 1. The van der Waals surface area contributed by atoms with E-state index in [1.165, 1.54) is 26.2 Å². The molecule has 0 aromatic carbocycles. The standard InChI is InChI=1S/C14H20N4O4/c1-14(2,3)22-13(21)18-8-6-7-9(11(19)15-4)17-10(8)12(20)16-5/h6-7H,1-5H3,(H,15,19)(H,16,20)(H,18,21). The van der Waals surface area contributed by atoms with Gasteiger partial charge in [0.1, 0.15) is 11.3 Å². The zero-order valence-corrected chi connectivity index (χ0v) is 13.2. The Morgan fingerprint density at radius 1 is 1.05 bits per heavy atom. The smallest absolute Gasteiger partial charge is 0.412 e. The molecule has 1 heterocycles. The van der Waals surface area contributed by atoms with Gasteiger partial charge in [-0.15, -0.1) is 0 Å². The van der Waals surface area contributed by atoms with E-state index in [4.69, 9.17) is 4.74 Å². The number of amides is 3. The van der Waals surface area contributed by atoms with Crippen LogP contribution >= 0.6 is 0 Å². The normalized spacial score (nSPS) is 10.6. The van der Waals surface area contributed by atoms with E-state index in [1.807, 2.05) is 0 Å². The SMILES string of the molecule is CNC(=O)c1ccc(NC(=O)OC(C)(C)C)c(C(=O)NC)n1. The molecule has 0 bridgehead atoms. The molecular weight excluding hydrogens is 288 g/mol. The number of rotatable bonds is 3. The molecule has 120 valence electrons. The monoisotopic (exact) mass is 308 g/mol. The summed E-state index contributed by atoms with van der Waals surface area (Å²) in [6, 6.07) is 2.82. The van der Waals surface area contributed by atoms with Crippen molar-refractivity contribution in [2.75, 3.05) is 19.4 Å². The Labute approximate surface area is 128 Å². The summed E-state index contributed by atoms with van der Waals surface area (Å²) in [6.07, 6.45) is -0.716. The van der Waals surface area contributed by atoms with Gasteiger partial charge in [0.05, 0.1) is 5.69 Å². The van der Waals surface area contributed by atoms with Crippen molar-refractivity contribution in [2.45, 2.75) is 26.4 Å². The van der Waals surface area contributed by atoms with Crippen LogP contribution in [0.5, 0.6) is 0 Å². The first-order chi connectivity index (χ1) is 10.2. The second-order valence-electron chi connectivity index (χ2n) is 5.38. The number of hydrogen-bond acceptors (Lipinski definition) is 5. The van der Waals surface area contributed by atoms with Gasteiger partial charge in [-0.05, 0) is 32.9 Å². The lowest BCUT2D eigenvalue weighted by atomic mass is 10.2. The predicted octanol–water partition coefficient (Wildman–Crippen LogP) is 1.15. The number of carbonyl (C=O) groups excluding carboxylic acids is 3. The highest BCUT2D eigenvalue weighted by Crippen LogP contribution is 2.16. The highest BCUT2D eigenvalue weighted by molar-refractivity contribution is 6.02. The molecule has 0 spiro atoms. The lowest BCUT2D eigenvalue weighted by Crippen LogP contribution is -2.29. The molecule has 0 fully saturated rings. The molecular formula is C14H20N4O4. The first-order valence-corrected chi connectivity index (χ1v) is 6.63. The van der Waals surface area contributed by atoms with Crippen LogP contribution in [0.3, 0.4) is 0 Å². The maximum Gasteiger partial charge on any atom is 0.412 e.